The van der Waals surface area contributed by atoms with Gasteiger partial charge in [0.25, 0.3) is 0 Å². The number of likely N-dealkylation sites (N-methyl/N-ethyl adjacent to an activating group) is 1. The number of rotatable bonds is 2. The predicted octanol–water partition coefficient (Wildman–Crippen LogP) is 4.15. The second-order valence-electron chi connectivity index (χ2n) is 5.04. The van der Waals surface area contributed by atoms with Gasteiger partial charge in [-0.3, -0.25) is 4.90 Å². The van der Waals surface area contributed by atoms with E-state index in [1.807, 2.05) is 0 Å². The van der Waals surface area contributed by atoms with Crippen LogP contribution in [0.25, 0.3) is 0 Å². The van der Waals surface area contributed by atoms with Crippen LogP contribution >= 0.6 is 11.8 Å². The molecular formula is C17H19NS. The maximum atomic E-state index is 2.49. The Morgan fingerprint density at radius 2 is 1.47 bits per heavy atom. The van der Waals surface area contributed by atoms with Crippen LogP contribution in [0.4, 0.5) is 0 Å². The van der Waals surface area contributed by atoms with E-state index in [9.17, 15) is 0 Å². The van der Waals surface area contributed by atoms with E-state index in [0.29, 0.717) is 11.3 Å². The summed E-state index contributed by atoms with van der Waals surface area (Å²) in [5.74, 6) is 1.21. The highest BCUT2D eigenvalue weighted by Gasteiger charge is 2.31. The third-order valence-electron chi connectivity index (χ3n) is 3.77. The molecule has 1 aliphatic rings. The number of nitrogens with zero attached hydrogens (tertiary/aromatic N) is 1. The highest BCUT2D eigenvalue weighted by Crippen LogP contribution is 2.45. The molecule has 1 heterocycles. The van der Waals surface area contributed by atoms with Gasteiger partial charge in [-0.1, -0.05) is 60.7 Å². The van der Waals surface area contributed by atoms with Crippen molar-refractivity contribution in [3.8, 4) is 0 Å². The van der Waals surface area contributed by atoms with Crippen LogP contribution in [-0.4, -0.2) is 24.2 Å². The standard InChI is InChI=1S/C17H19NS/c1-18-12-13-19-17(15-10-6-3-7-11-15)16(18)14-8-4-2-5-9-14/h2-11,16-17H,12-13H2,1H3/t16-,17+/m0/s1. The normalized spacial score (nSPS) is 24.3. The molecule has 0 unspecified atom stereocenters. The van der Waals surface area contributed by atoms with E-state index in [1.165, 1.54) is 16.9 Å². The van der Waals surface area contributed by atoms with Crippen molar-refractivity contribution in [1.29, 1.82) is 0 Å². The van der Waals surface area contributed by atoms with Crippen LogP contribution in [0.1, 0.15) is 22.4 Å². The Balaban J connectivity index is 1.97. The molecule has 2 aromatic rings. The van der Waals surface area contributed by atoms with Gasteiger partial charge in [0.1, 0.15) is 0 Å². The lowest BCUT2D eigenvalue weighted by Crippen LogP contribution is -2.34. The van der Waals surface area contributed by atoms with Gasteiger partial charge in [0.2, 0.25) is 0 Å². The molecule has 1 saturated heterocycles. The first kappa shape index (κ1) is 12.8. The summed E-state index contributed by atoms with van der Waals surface area (Å²) < 4.78 is 0. The lowest BCUT2D eigenvalue weighted by Gasteiger charge is -2.39. The summed E-state index contributed by atoms with van der Waals surface area (Å²) in [7, 11) is 2.24. The number of thioether (sulfide) groups is 1. The first-order valence-corrected chi connectivity index (χ1v) is 7.83. The van der Waals surface area contributed by atoms with E-state index >= 15 is 0 Å². The molecule has 3 rings (SSSR count). The van der Waals surface area contributed by atoms with Crippen LogP contribution in [0.15, 0.2) is 60.7 Å². The first-order valence-electron chi connectivity index (χ1n) is 6.78. The number of benzene rings is 2. The molecule has 19 heavy (non-hydrogen) atoms. The largest absolute Gasteiger partial charge is 0.297 e. The van der Waals surface area contributed by atoms with E-state index in [1.54, 1.807) is 0 Å². The summed E-state index contributed by atoms with van der Waals surface area (Å²) in [5, 5.41) is 0.530. The summed E-state index contributed by atoms with van der Waals surface area (Å²) in [6.07, 6.45) is 0. The molecule has 2 atom stereocenters. The number of hydrogen-bond donors (Lipinski definition) is 0. The molecular weight excluding hydrogens is 250 g/mol. The lowest BCUT2D eigenvalue weighted by molar-refractivity contribution is 0.245. The molecule has 2 aromatic carbocycles. The third-order valence-corrected chi connectivity index (χ3v) is 5.08. The van der Waals surface area contributed by atoms with Gasteiger partial charge < -0.3 is 0 Å². The molecule has 2 heteroatoms. The SMILES string of the molecule is CN1CCS[C@H](c2ccccc2)[C@@H]1c1ccccc1. The topological polar surface area (TPSA) is 3.24 Å². The van der Waals surface area contributed by atoms with Gasteiger partial charge in [-0.05, 0) is 18.2 Å². The van der Waals surface area contributed by atoms with Crippen LogP contribution in [0, 0.1) is 0 Å². The molecule has 0 spiro atoms. The lowest BCUT2D eigenvalue weighted by atomic mass is 9.97. The van der Waals surface area contributed by atoms with E-state index < -0.39 is 0 Å². The van der Waals surface area contributed by atoms with E-state index in [-0.39, 0.29) is 0 Å². The first-order chi connectivity index (χ1) is 9.36. The predicted molar refractivity (Wildman–Crippen MR) is 83.5 cm³/mol. The van der Waals surface area contributed by atoms with Crippen molar-refractivity contribution in [2.45, 2.75) is 11.3 Å². The Bertz CT molecular complexity index is 511. The van der Waals surface area contributed by atoms with E-state index in [2.05, 4.69) is 84.4 Å². The Morgan fingerprint density at radius 1 is 0.895 bits per heavy atom. The van der Waals surface area contributed by atoms with Gasteiger partial charge in [-0.2, -0.15) is 11.8 Å². The zero-order chi connectivity index (χ0) is 13.1. The minimum absolute atomic E-state index is 0.474. The van der Waals surface area contributed by atoms with Gasteiger partial charge in [0, 0.05) is 17.5 Å². The van der Waals surface area contributed by atoms with Crippen molar-refractivity contribution >= 4 is 11.8 Å². The summed E-state index contributed by atoms with van der Waals surface area (Å²) in [6.45, 7) is 1.16. The van der Waals surface area contributed by atoms with E-state index in [4.69, 9.17) is 0 Å². The van der Waals surface area contributed by atoms with Gasteiger partial charge in [-0.25, -0.2) is 0 Å². The van der Waals surface area contributed by atoms with Crippen LogP contribution in [-0.2, 0) is 0 Å². The number of hydrogen-bond acceptors (Lipinski definition) is 2. The Labute approximate surface area is 119 Å². The quantitative estimate of drug-likeness (QED) is 0.806. The molecule has 0 saturated carbocycles. The minimum Gasteiger partial charge on any atom is -0.297 e. The van der Waals surface area contributed by atoms with Gasteiger partial charge in [0.05, 0.1) is 6.04 Å². The maximum absolute atomic E-state index is 2.49. The van der Waals surface area contributed by atoms with Crippen molar-refractivity contribution in [2.24, 2.45) is 0 Å². The molecule has 1 aliphatic heterocycles. The Hall–Kier alpha value is -1.25. The zero-order valence-electron chi connectivity index (χ0n) is 11.2. The fourth-order valence-corrected chi connectivity index (χ4v) is 4.33. The van der Waals surface area contributed by atoms with Crippen LogP contribution in [0.2, 0.25) is 0 Å². The van der Waals surface area contributed by atoms with E-state index in [0.717, 1.165) is 6.54 Å². The van der Waals surface area contributed by atoms with Crippen molar-refractivity contribution in [3.05, 3.63) is 71.8 Å². The Kier molecular flexibility index (Phi) is 3.90. The molecule has 0 bridgehead atoms. The molecule has 0 aromatic heterocycles. The highest BCUT2D eigenvalue weighted by molar-refractivity contribution is 7.99. The second-order valence-corrected chi connectivity index (χ2v) is 6.29. The summed E-state index contributed by atoms with van der Waals surface area (Å²) in [4.78, 5) is 2.49. The summed E-state index contributed by atoms with van der Waals surface area (Å²) in [5.41, 5.74) is 2.86. The molecule has 98 valence electrons. The minimum atomic E-state index is 0.474. The summed E-state index contributed by atoms with van der Waals surface area (Å²) >= 11 is 2.08. The molecule has 0 N–H and O–H groups in total. The third kappa shape index (κ3) is 2.70. The van der Waals surface area contributed by atoms with Crippen molar-refractivity contribution in [3.63, 3.8) is 0 Å². The molecule has 1 nitrogen and oxygen atoms in total. The highest BCUT2D eigenvalue weighted by atomic mass is 32.2. The average molecular weight is 269 g/mol. The van der Waals surface area contributed by atoms with Crippen LogP contribution in [0.3, 0.4) is 0 Å². The summed E-state index contributed by atoms with van der Waals surface area (Å²) in [6, 6.07) is 22.3. The second kappa shape index (κ2) is 5.81. The van der Waals surface area contributed by atoms with Gasteiger partial charge >= 0.3 is 0 Å². The van der Waals surface area contributed by atoms with Crippen molar-refractivity contribution in [1.82, 2.24) is 4.90 Å². The van der Waals surface area contributed by atoms with Crippen LogP contribution in [0.5, 0.6) is 0 Å². The average Bonchev–Trinajstić information content (AvgIpc) is 2.49. The molecule has 0 radical (unpaired) electrons. The van der Waals surface area contributed by atoms with Crippen molar-refractivity contribution < 1.29 is 0 Å². The monoisotopic (exact) mass is 269 g/mol. The maximum Gasteiger partial charge on any atom is 0.0504 e. The van der Waals surface area contributed by atoms with Crippen LogP contribution < -0.4 is 0 Å². The fraction of sp³-hybridized carbons (Fsp3) is 0.294. The molecule has 1 fully saturated rings. The molecule has 0 amide bonds. The smallest absolute Gasteiger partial charge is 0.0504 e. The molecule has 0 aliphatic carbocycles. The van der Waals surface area contributed by atoms with Gasteiger partial charge in [-0.15, -0.1) is 0 Å². The zero-order valence-corrected chi connectivity index (χ0v) is 12.0. The Morgan fingerprint density at radius 3 is 2.11 bits per heavy atom. The van der Waals surface area contributed by atoms with Crippen molar-refractivity contribution in [2.75, 3.05) is 19.3 Å². The fourth-order valence-electron chi connectivity index (χ4n) is 2.79. The van der Waals surface area contributed by atoms with Gasteiger partial charge in [0.15, 0.2) is 0 Å².